The Morgan fingerprint density at radius 3 is 2.61 bits per heavy atom. The van der Waals surface area contributed by atoms with E-state index in [-0.39, 0.29) is 24.2 Å². The van der Waals surface area contributed by atoms with Crippen LogP contribution in [0.15, 0.2) is 30.3 Å². The summed E-state index contributed by atoms with van der Waals surface area (Å²) < 4.78 is 0. The van der Waals surface area contributed by atoms with Crippen LogP contribution in [-0.2, 0) is 16.0 Å². The van der Waals surface area contributed by atoms with Gasteiger partial charge < -0.3 is 15.3 Å². The molecule has 0 spiro atoms. The molecule has 2 rings (SSSR count). The molecule has 5 nitrogen and oxygen atoms in total. The van der Waals surface area contributed by atoms with E-state index in [1.807, 2.05) is 44.2 Å². The normalized spacial score (nSPS) is 19.5. The van der Waals surface area contributed by atoms with Crippen molar-refractivity contribution in [3.63, 3.8) is 0 Å². The van der Waals surface area contributed by atoms with E-state index in [4.69, 9.17) is 0 Å². The van der Waals surface area contributed by atoms with Crippen LogP contribution in [0.3, 0.4) is 0 Å². The van der Waals surface area contributed by atoms with Crippen molar-refractivity contribution in [3.8, 4) is 0 Å². The molecule has 0 saturated carbocycles. The number of carbonyl (C=O) groups excluding carboxylic acids is 2. The first-order valence-corrected chi connectivity index (χ1v) is 8.27. The first kappa shape index (κ1) is 17.5. The average molecular weight is 318 g/mol. The molecule has 0 aliphatic carbocycles. The van der Waals surface area contributed by atoms with Gasteiger partial charge in [0.1, 0.15) is 6.04 Å². The molecule has 1 aliphatic heterocycles. The van der Waals surface area contributed by atoms with E-state index in [1.54, 1.807) is 4.90 Å². The topological polar surface area (TPSA) is 69.6 Å². The van der Waals surface area contributed by atoms with Gasteiger partial charge in [-0.15, -0.1) is 0 Å². The van der Waals surface area contributed by atoms with Crippen molar-refractivity contribution in [2.45, 2.75) is 45.3 Å². The number of amides is 2. The molecule has 2 atom stereocenters. The third kappa shape index (κ3) is 5.06. The Morgan fingerprint density at radius 2 is 2.00 bits per heavy atom. The monoisotopic (exact) mass is 318 g/mol. The van der Waals surface area contributed by atoms with Gasteiger partial charge in [0.15, 0.2) is 0 Å². The van der Waals surface area contributed by atoms with Crippen LogP contribution in [0.1, 0.15) is 32.3 Å². The van der Waals surface area contributed by atoms with Crippen molar-refractivity contribution in [2.24, 2.45) is 5.92 Å². The lowest BCUT2D eigenvalue weighted by molar-refractivity contribution is -0.140. The van der Waals surface area contributed by atoms with Crippen LogP contribution in [0.5, 0.6) is 0 Å². The summed E-state index contributed by atoms with van der Waals surface area (Å²) in [5.74, 6) is -0.248. The predicted octanol–water partition coefficient (Wildman–Crippen LogP) is 1.35. The fraction of sp³-hybridized carbons (Fsp3) is 0.556. The lowest BCUT2D eigenvalue weighted by Crippen LogP contribution is -2.54. The number of aliphatic hydroxyl groups excluding tert-OH is 1. The molecule has 2 unspecified atom stereocenters. The highest BCUT2D eigenvalue weighted by molar-refractivity contribution is 5.88. The van der Waals surface area contributed by atoms with Gasteiger partial charge in [-0.25, -0.2) is 0 Å². The highest BCUT2D eigenvalue weighted by atomic mass is 16.3. The third-order valence-electron chi connectivity index (χ3n) is 4.16. The van der Waals surface area contributed by atoms with Gasteiger partial charge in [0.2, 0.25) is 11.8 Å². The molecule has 1 aromatic rings. The molecule has 0 aromatic heterocycles. The van der Waals surface area contributed by atoms with Crippen molar-refractivity contribution in [3.05, 3.63) is 35.9 Å². The second kappa shape index (κ2) is 8.11. The number of nitrogens with zero attached hydrogens (tertiary/aromatic N) is 1. The number of piperidine rings is 1. The Hall–Kier alpha value is -1.88. The van der Waals surface area contributed by atoms with Crippen LogP contribution in [0.4, 0.5) is 0 Å². The van der Waals surface area contributed by atoms with Crippen molar-refractivity contribution < 1.29 is 14.7 Å². The van der Waals surface area contributed by atoms with Gasteiger partial charge in [0, 0.05) is 13.1 Å². The lowest BCUT2D eigenvalue weighted by atomic mass is 10.00. The van der Waals surface area contributed by atoms with Gasteiger partial charge in [0.05, 0.1) is 12.5 Å². The van der Waals surface area contributed by atoms with E-state index < -0.39 is 12.1 Å². The zero-order valence-electron chi connectivity index (χ0n) is 13.9. The highest BCUT2D eigenvalue weighted by Crippen LogP contribution is 2.14. The van der Waals surface area contributed by atoms with Crippen LogP contribution in [-0.4, -0.2) is 47.1 Å². The van der Waals surface area contributed by atoms with Gasteiger partial charge >= 0.3 is 0 Å². The smallest absolute Gasteiger partial charge is 0.245 e. The van der Waals surface area contributed by atoms with Gasteiger partial charge in [-0.3, -0.25) is 9.59 Å². The lowest BCUT2D eigenvalue weighted by Gasteiger charge is -2.34. The maximum Gasteiger partial charge on any atom is 0.245 e. The van der Waals surface area contributed by atoms with E-state index >= 15 is 0 Å². The second-order valence-corrected chi connectivity index (χ2v) is 6.53. The maximum absolute atomic E-state index is 12.7. The largest absolute Gasteiger partial charge is 0.391 e. The molecule has 0 bridgehead atoms. The Morgan fingerprint density at radius 1 is 1.30 bits per heavy atom. The van der Waals surface area contributed by atoms with Gasteiger partial charge in [0.25, 0.3) is 0 Å². The van der Waals surface area contributed by atoms with E-state index in [1.165, 1.54) is 0 Å². The van der Waals surface area contributed by atoms with E-state index in [9.17, 15) is 14.7 Å². The summed E-state index contributed by atoms with van der Waals surface area (Å²) in [6, 6.07) is 8.94. The minimum Gasteiger partial charge on any atom is -0.391 e. The molecule has 5 heteroatoms. The maximum atomic E-state index is 12.7. The molecular weight excluding hydrogens is 292 g/mol. The molecule has 126 valence electrons. The van der Waals surface area contributed by atoms with Crippen LogP contribution in [0.2, 0.25) is 0 Å². The summed E-state index contributed by atoms with van der Waals surface area (Å²) in [5, 5.41) is 12.6. The van der Waals surface area contributed by atoms with E-state index in [2.05, 4.69) is 5.32 Å². The minimum absolute atomic E-state index is 0.00120. The summed E-state index contributed by atoms with van der Waals surface area (Å²) in [6.07, 6.45) is 1.34. The standard InChI is InChI=1S/C18H26N2O3/c1-13(2)17(18(23)20-10-6-9-15(21)12-20)19-16(22)11-14-7-4-3-5-8-14/h3-5,7-8,13,15,17,21H,6,9-12H2,1-2H3,(H,19,22). The number of β-amino-alcohol motifs (C(OH)–C–C–N with tert-alkyl or cyclic N) is 1. The fourth-order valence-corrected chi connectivity index (χ4v) is 2.87. The van der Waals surface area contributed by atoms with Crippen molar-refractivity contribution in [1.82, 2.24) is 10.2 Å². The number of nitrogens with one attached hydrogen (secondary N) is 1. The summed E-state index contributed by atoms with van der Waals surface area (Å²) in [7, 11) is 0. The van der Waals surface area contributed by atoms with Crippen LogP contribution >= 0.6 is 0 Å². The molecular formula is C18H26N2O3. The van der Waals surface area contributed by atoms with Gasteiger partial charge in [-0.05, 0) is 24.3 Å². The van der Waals surface area contributed by atoms with Crippen molar-refractivity contribution in [2.75, 3.05) is 13.1 Å². The summed E-state index contributed by atoms with van der Waals surface area (Å²) in [4.78, 5) is 26.6. The molecule has 1 fully saturated rings. The molecule has 2 N–H and O–H groups in total. The molecule has 1 aliphatic rings. The number of hydrogen-bond donors (Lipinski definition) is 2. The number of benzene rings is 1. The molecule has 23 heavy (non-hydrogen) atoms. The number of rotatable bonds is 5. The predicted molar refractivity (Wildman–Crippen MR) is 88.7 cm³/mol. The number of aliphatic hydroxyl groups is 1. The van der Waals surface area contributed by atoms with E-state index in [0.717, 1.165) is 18.4 Å². The van der Waals surface area contributed by atoms with Gasteiger partial charge in [-0.2, -0.15) is 0 Å². The van der Waals surface area contributed by atoms with Crippen molar-refractivity contribution >= 4 is 11.8 Å². The molecule has 1 aromatic carbocycles. The van der Waals surface area contributed by atoms with Crippen LogP contribution in [0, 0.1) is 5.92 Å². The Kier molecular flexibility index (Phi) is 6.16. The SMILES string of the molecule is CC(C)C(NC(=O)Cc1ccccc1)C(=O)N1CCCC(O)C1. The molecule has 1 heterocycles. The highest BCUT2D eigenvalue weighted by Gasteiger charge is 2.31. The van der Waals surface area contributed by atoms with Gasteiger partial charge in [-0.1, -0.05) is 44.2 Å². The second-order valence-electron chi connectivity index (χ2n) is 6.53. The first-order valence-electron chi connectivity index (χ1n) is 8.27. The molecule has 1 saturated heterocycles. The molecule has 2 amide bonds. The van der Waals surface area contributed by atoms with Crippen molar-refractivity contribution in [1.29, 1.82) is 0 Å². The number of carbonyl (C=O) groups is 2. The van der Waals surface area contributed by atoms with E-state index in [0.29, 0.717) is 13.1 Å². The summed E-state index contributed by atoms with van der Waals surface area (Å²) in [6.45, 7) is 4.85. The number of hydrogen-bond acceptors (Lipinski definition) is 3. The Balaban J connectivity index is 1.97. The van der Waals surface area contributed by atoms with Crippen LogP contribution in [0.25, 0.3) is 0 Å². The zero-order chi connectivity index (χ0) is 16.8. The zero-order valence-corrected chi connectivity index (χ0v) is 13.9. The Labute approximate surface area is 137 Å². The summed E-state index contributed by atoms with van der Waals surface area (Å²) >= 11 is 0. The minimum atomic E-state index is -0.545. The van der Waals surface area contributed by atoms with Crippen LogP contribution < -0.4 is 5.32 Å². The quantitative estimate of drug-likeness (QED) is 0.861. The summed E-state index contributed by atoms with van der Waals surface area (Å²) in [5.41, 5.74) is 0.924. The Bertz CT molecular complexity index is 530. The first-order chi connectivity index (χ1) is 11.0. The fourth-order valence-electron chi connectivity index (χ4n) is 2.87. The molecule has 0 radical (unpaired) electrons. The third-order valence-corrected chi connectivity index (χ3v) is 4.16. The average Bonchev–Trinajstić information content (AvgIpc) is 2.52. The number of likely N-dealkylation sites (tertiary alicyclic amines) is 1.